The van der Waals surface area contributed by atoms with Crippen LogP contribution in [0.25, 0.3) is 11.5 Å². The molecule has 3 rings (SSSR count). The summed E-state index contributed by atoms with van der Waals surface area (Å²) in [6.45, 7) is 4.35. The maximum absolute atomic E-state index is 5.42. The maximum Gasteiger partial charge on any atom is 0.263 e. The van der Waals surface area contributed by atoms with Gasteiger partial charge >= 0.3 is 0 Å². The fraction of sp³-hybridized carbons (Fsp3) is 0.200. The van der Waals surface area contributed by atoms with Gasteiger partial charge in [-0.3, -0.25) is 0 Å². The van der Waals surface area contributed by atoms with E-state index in [-0.39, 0.29) is 0 Å². The minimum atomic E-state index is 0.381. The van der Waals surface area contributed by atoms with Gasteiger partial charge in [0, 0.05) is 11.9 Å². The Labute approximate surface area is 127 Å². The van der Waals surface area contributed by atoms with Crippen LogP contribution in [0.4, 0.5) is 11.5 Å². The summed E-state index contributed by atoms with van der Waals surface area (Å²) in [6, 6.07) is 7.61. The van der Waals surface area contributed by atoms with Crippen LogP contribution < -0.4 is 10.1 Å². The SMILES string of the molecule is CCOc1ccc(Nc2ncncc2-c2nc(C)no2)cc1. The number of nitrogens with zero attached hydrogens (tertiary/aromatic N) is 4. The summed E-state index contributed by atoms with van der Waals surface area (Å²) in [5.41, 5.74) is 1.52. The topological polar surface area (TPSA) is 86.0 Å². The minimum Gasteiger partial charge on any atom is -0.494 e. The number of benzene rings is 1. The van der Waals surface area contributed by atoms with Gasteiger partial charge in [-0.15, -0.1) is 0 Å². The Kier molecular flexibility index (Phi) is 3.95. The molecule has 0 saturated heterocycles. The van der Waals surface area contributed by atoms with Gasteiger partial charge in [0.1, 0.15) is 23.5 Å². The third-order valence-corrected chi connectivity index (χ3v) is 2.90. The molecule has 0 amide bonds. The molecule has 0 bridgehead atoms. The molecule has 0 aliphatic heterocycles. The Morgan fingerprint density at radius 3 is 2.73 bits per heavy atom. The molecule has 0 spiro atoms. The second-order valence-electron chi connectivity index (χ2n) is 4.51. The van der Waals surface area contributed by atoms with E-state index in [2.05, 4.69) is 25.4 Å². The van der Waals surface area contributed by atoms with Gasteiger partial charge in [-0.1, -0.05) is 5.16 Å². The van der Waals surface area contributed by atoms with E-state index in [1.165, 1.54) is 6.33 Å². The van der Waals surface area contributed by atoms with Gasteiger partial charge in [0.05, 0.1) is 6.61 Å². The van der Waals surface area contributed by atoms with E-state index in [1.807, 2.05) is 31.2 Å². The van der Waals surface area contributed by atoms with Crippen molar-refractivity contribution in [1.82, 2.24) is 20.1 Å². The van der Waals surface area contributed by atoms with Crippen molar-refractivity contribution in [3.8, 4) is 17.2 Å². The van der Waals surface area contributed by atoms with Crippen LogP contribution in [0.5, 0.6) is 5.75 Å². The van der Waals surface area contributed by atoms with Gasteiger partial charge in [-0.05, 0) is 38.1 Å². The molecular weight excluding hydrogens is 282 g/mol. The Hall–Kier alpha value is -2.96. The van der Waals surface area contributed by atoms with E-state index in [1.54, 1.807) is 13.1 Å². The van der Waals surface area contributed by atoms with Gasteiger partial charge < -0.3 is 14.6 Å². The van der Waals surface area contributed by atoms with Crippen molar-refractivity contribution >= 4 is 11.5 Å². The number of hydrogen-bond acceptors (Lipinski definition) is 7. The smallest absolute Gasteiger partial charge is 0.263 e. The van der Waals surface area contributed by atoms with Crippen molar-refractivity contribution < 1.29 is 9.26 Å². The van der Waals surface area contributed by atoms with E-state index < -0.39 is 0 Å². The molecule has 0 aliphatic rings. The molecule has 0 fully saturated rings. The molecule has 1 N–H and O–H groups in total. The van der Waals surface area contributed by atoms with Crippen LogP contribution in [0.1, 0.15) is 12.7 Å². The normalized spacial score (nSPS) is 10.5. The lowest BCUT2D eigenvalue weighted by atomic mass is 10.2. The predicted octanol–water partition coefficient (Wildman–Crippen LogP) is 2.98. The summed E-state index contributed by atoms with van der Waals surface area (Å²) in [4.78, 5) is 12.5. The first-order chi connectivity index (χ1) is 10.8. The van der Waals surface area contributed by atoms with Crippen LogP contribution >= 0.6 is 0 Å². The molecule has 2 aromatic heterocycles. The van der Waals surface area contributed by atoms with Crippen molar-refractivity contribution in [2.75, 3.05) is 11.9 Å². The van der Waals surface area contributed by atoms with Gasteiger partial charge in [0.25, 0.3) is 5.89 Å². The molecule has 0 saturated carbocycles. The van der Waals surface area contributed by atoms with Crippen LogP contribution in [-0.2, 0) is 0 Å². The molecule has 7 heteroatoms. The van der Waals surface area contributed by atoms with Crippen molar-refractivity contribution in [2.24, 2.45) is 0 Å². The molecule has 112 valence electrons. The first kappa shape index (κ1) is 14.0. The molecule has 1 aromatic carbocycles. The maximum atomic E-state index is 5.42. The molecular formula is C15H15N5O2. The summed E-state index contributed by atoms with van der Waals surface area (Å²) in [7, 11) is 0. The van der Waals surface area contributed by atoms with E-state index in [4.69, 9.17) is 9.26 Å². The van der Waals surface area contributed by atoms with Crippen LogP contribution in [0.15, 0.2) is 41.3 Å². The fourth-order valence-corrected chi connectivity index (χ4v) is 1.93. The number of nitrogens with one attached hydrogen (secondary N) is 1. The van der Waals surface area contributed by atoms with E-state index in [0.717, 1.165) is 11.4 Å². The lowest BCUT2D eigenvalue weighted by molar-refractivity contribution is 0.340. The molecule has 0 radical (unpaired) electrons. The standard InChI is InChI=1S/C15H15N5O2/c1-3-21-12-6-4-11(5-7-12)19-14-13(8-16-9-17-14)15-18-10(2)20-22-15/h4-9H,3H2,1-2H3,(H,16,17,19). The van der Waals surface area contributed by atoms with E-state index in [0.29, 0.717) is 29.7 Å². The summed E-state index contributed by atoms with van der Waals surface area (Å²) in [6.07, 6.45) is 3.10. The Morgan fingerprint density at radius 2 is 2.05 bits per heavy atom. The zero-order chi connectivity index (χ0) is 15.4. The van der Waals surface area contributed by atoms with Crippen LogP contribution in [0, 0.1) is 6.92 Å². The molecule has 0 unspecified atom stereocenters. The van der Waals surface area contributed by atoms with Gasteiger partial charge in [-0.25, -0.2) is 9.97 Å². The van der Waals surface area contributed by atoms with Crippen LogP contribution in [0.2, 0.25) is 0 Å². The van der Waals surface area contributed by atoms with Crippen molar-refractivity contribution in [3.63, 3.8) is 0 Å². The summed E-state index contributed by atoms with van der Waals surface area (Å²) in [5.74, 6) is 2.36. The number of aromatic nitrogens is 4. The number of ether oxygens (including phenoxy) is 1. The molecule has 22 heavy (non-hydrogen) atoms. The van der Waals surface area contributed by atoms with E-state index in [9.17, 15) is 0 Å². The monoisotopic (exact) mass is 297 g/mol. The number of anilines is 2. The Balaban J connectivity index is 1.86. The van der Waals surface area contributed by atoms with Gasteiger partial charge in [-0.2, -0.15) is 4.98 Å². The highest BCUT2D eigenvalue weighted by atomic mass is 16.5. The summed E-state index contributed by atoms with van der Waals surface area (Å²) in [5, 5.41) is 7.00. The predicted molar refractivity (Wildman–Crippen MR) is 81.0 cm³/mol. The molecule has 2 heterocycles. The van der Waals surface area contributed by atoms with Crippen LogP contribution in [-0.4, -0.2) is 26.7 Å². The average molecular weight is 297 g/mol. The number of aryl methyl sites for hydroxylation is 1. The largest absolute Gasteiger partial charge is 0.494 e. The van der Waals surface area contributed by atoms with Crippen molar-refractivity contribution in [2.45, 2.75) is 13.8 Å². The number of hydrogen-bond donors (Lipinski definition) is 1. The molecule has 7 nitrogen and oxygen atoms in total. The van der Waals surface area contributed by atoms with E-state index >= 15 is 0 Å². The lowest BCUT2D eigenvalue weighted by Gasteiger charge is -2.09. The van der Waals surface area contributed by atoms with Gasteiger partial charge in [0.2, 0.25) is 0 Å². The highest BCUT2D eigenvalue weighted by molar-refractivity contribution is 5.72. The molecule has 0 aliphatic carbocycles. The summed E-state index contributed by atoms with van der Waals surface area (Å²) >= 11 is 0. The Bertz CT molecular complexity index is 755. The average Bonchev–Trinajstić information content (AvgIpc) is 2.96. The second-order valence-corrected chi connectivity index (χ2v) is 4.51. The zero-order valence-electron chi connectivity index (χ0n) is 12.3. The molecule has 0 atom stereocenters. The summed E-state index contributed by atoms with van der Waals surface area (Å²) < 4.78 is 10.6. The van der Waals surface area contributed by atoms with Crippen molar-refractivity contribution in [3.05, 3.63) is 42.6 Å². The third-order valence-electron chi connectivity index (χ3n) is 2.90. The van der Waals surface area contributed by atoms with Gasteiger partial charge in [0.15, 0.2) is 5.82 Å². The highest BCUT2D eigenvalue weighted by Crippen LogP contribution is 2.27. The van der Waals surface area contributed by atoms with Crippen molar-refractivity contribution in [1.29, 1.82) is 0 Å². The van der Waals surface area contributed by atoms with Crippen LogP contribution in [0.3, 0.4) is 0 Å². The quantitative estimate of drug-likeness (QED) is 0.774. The Morgan fingerprint density at radius 1 is 1.23 bits per heavy atom. The second kappa shape index (κ2) is 6.21. The third kappa shape index (κ3) is 3.03. The zero-order valence-corrected chi connectivity index (χ0v) is 12.3. The fourth-order valence-electron chi connectivity index (χ4n) is 1.93. The molecule has 3 aromatic rings. The minimum absolute atomic E-state index is 0.381. The first-order valence-corrected chi connectivity index (χ1v) is 6.87. The first-order valence-electron chi connectivity index (χ1n) is 6.87. The lowest BCUT2D eigenvalue weighted by Crippen LogP contribution is -1.98. The highest BCUT2D eigenvalue weighted by Gasteiger charge is 2.13. The number of rotatable bonds is 5.